The largest absolute Gasteiger partial charge is 0.492 e. The average molecular weight is 471 g/mol. The second-order valence-electron chi connectivity index (χ2n) is 7.18. The van der Waals surface area contributed by atoms with Crippen LogP contribution in [-0.2, 0) is 14.8 Å². The average Bonchev–Trinajstić information content (AvgIpc) is 2.71. The van der Waals surface area contributed by atoms with Gasteiger partial charge in [-0.05, 0) is 68.7 Å². The molecule has 0 aromatic heterocycles. The summed E-state index contributed by atoms with van der Waals surface area (Å²) in [6, 6.07) is 9.64. The molecule has 0 saturated carbocycles. The molecule has 30 heavy (non-hydrogen) atoms. The minimum Gasteiger partial charge on any atom is -0.492 e. The minimum absolute atomic E-state index is 0.0885. The van der Waals surface area contributed by atoms with Crippen LogP contribution < -0.4 is 10.1 Å². The van der Waals surface area contributed by atoms with Gasteiger partial charge in [-0.15, -0.1) is 0 Å². The number of rotatable bonds is 6. The number of carbonyl (C=O) groups is 1. The van der Waals surface area contributed by atoms with Crippen molar-refractivity contribution in [1.82, 2.24) is 4.31 Å². The molecule has 1 atom stereocenters. The first kappa shape index (κ1) is 22.9. The van der Waals surface area contributed by atoms with Crippen molar-refractivity contribution in [2.24, 2.45) is 5.92 Å². The molecule has 1 amide bonds. The van der Waals surface area contributed by atoms with Crippen molar-refractivity contribution in [2.75, 3.05) is 25.0 Å². The zero-order valence-electron chi connectivity index (χ0n) is 16.8. The highest BCUT2D eigenvalue weighted by atomic mass is 35.5. The molecule has 1 aliphatic heterocycles. The smallest absolute Gasteiger partial charge is 0.243 e. The number of hydrogen-bond donors (Lipinski definition) is 1. The second-order valence-corrected chi connectivity index (χ2v) is 9.96. The van der Waals surface area contributed by atoms with E-state index in [0.29, 0.717) is 42.5 Å². The molecule has 9 heteroatoms. The first-order valence-electron chi connectivity index (χ1n) is 9.72. The Morgan fingerprint density at radius 2 is 2.00 bits per heavy atom. The summed E-state index contributed by atoms with van der Waals surface area (Å²) in [5.41, 5.74) is 1.52. The Morgan fingerprint density at radius 3 is 2.67 bits per heavy atom. The summed E-state index contributed by atoms with van der Waals surface area (Å²) in [6.07, 6.45) is 1.22. The summed E-state index contributed by atoms with van der Waals surface area (Å²) in [6.45, 7) is 4.59. The zero-order chi connectivity index (χ0) is 21.9. The number of carbonyl (C=O) groups excluding carboxylic acids is 1. The standard InChI is InChI=1S/C21H24Cl2N2O4S/c1-3-29-20-9-7-17(12-18(20)23)30(27,28)25-10-4-5-15(13-25)21(26)24-19-8-6-16(22)11-14(19)2/h6-9,11-12,15H,3-5,10,13H2,1-2H3,(H,24,26)/t15-/m1/s1. The molecule has 0 aliphatic carbocycles. The molecule has 0 unspecified atom stereocenters. The van der Waals surface area contributed by atoms with E-state index >= 15 is 0 Å². The van der Waals surface area contributed by atoms with E-state index in [1.165, 1.54) is 16.4 Å². The van der Waals surface area contributed by atoms with Crippen LogP contribution in [0.25, 0.3) is 0 Å². The lowest BCUT2D eigenvalue weighted by Gasteiger charge is -2.31. The van der Waals surface area contributed by atoms with Gasteiger partial charge in [0.2, 0.25) is 15.9 Å². The first-order chi connectivity index (χ1) is 14.2. The number of benzene rings is 2. The number of hydrogen-bond acceptors (Lipinski definition) is 4. The predicted octanol–water partition coefficient (Wildman–Crippen LogP) is 4.74. The molecule has 3 rings (SSSR count). The quantitative estimate of drug-likeness (QED) is 0.661. The van der Waals surface area contributed by atoms with Crippen molar-refractivity contribution in [2.45, 2.75) is 31.6 Å². The SMILES string of the molecule is CCOc1ccc(S(=O)(=O)N2CCC[C@@H](C(=O)Nc3ccc(Cl)cc3C)C2)cc1Cl. The van der Waals surface area contributed by atoms with Crippen molar-refractivity contribution in [1.29, 1.82) is 0 Å². The van der Waals surface area contributed by atoms with E-state index in [-0.39, 0.29) is 22.4 Å². The Bertz CT molecular complexity index is 1040. The fraction of sp³-hybridized carbons (Fsp3) is 0.381. The van der Waals surface area contributed by atoms with Crippen molar-refractivity contribution < 1.29 is 17.9 Å². The second kappa shape index (κ2) is 9.56. The van der Waals surface area contributed by atoms with Gasteiger partial charge < -0.3 is 10.1 Å². The van der Waals surface area contributed by atoms with Gasteiger partial charge >= 0.3 is 0 Å². The number of nitrogens with one attached hydrogen (secondary N) is 1. The van der Waals surface area contributed by atoms with Gasteiger partial charge in [0.15, 0.2) is 0 Å². The number of anilines is 1. The van der Waals surface area contributed by atoms with Crippen molar-refractivity contribution >= 4 is 44.8 Å². The summed E-state index contributed by atoms with van der Waals surface area (Å²) in [5, 5.41) is 3.72. The topological polar surface area (TPSA) is 75.7 Å². The normalized spacial score (nSPS) is 17.5. The maximum atomic E-state index is 13.1. The highest BCUT2D eigenvalue weighted by Gasteiger charge is 2.33. The van der Waals surface area contributed by atoms with Gasteiger partial charge in [-0.2, -0.15) is 4.31 Å². The molecular formula is C21H24Cl2N2O4S. The van der Waals surface area contributed by atoms with Gasteiger partial charge in [0.1, 0.15) is 5.75 Å². The lowest BCUT2D eigenvalue weighted by Crippen LogP contribution is -2.43. The van der Waals surface area contributed by atoms with E-state index in [2.05, 4.69) is 5.32 Å². The van der Waals surface area contributed by atoms with Gasteiger partial charge in [-0.1, -0.05) is 23.2 Å². The van der Waals surface area contributed by atoms with Gasteiger partial charge in [-0.3, -0.25) is 4.79 Å². The van der Waals surface area contributed by atoms with Crippen molar-refractivity contribution in [3.05, 3.63) is 52.0 Å². The highest BCUT2D eigenvalue weighted by Crippen LogP contribution is 2.31. The lowest BCUT2D eigenvalue weighted by molar-refractivity contribution is -0.120. The molecule has 1 fully saturated rings. The van der Waals surface area contributed by atoms with E-state index in [4.69, 9.17) is 27.9 Å². The summed E-state index contributed by atoms with van der Waals surface area (Å²) >= 11 is 12.1. The Morgan fingerprint density at radius 1 is 1.23 bits per heavy atom. The molecule has 1 heterocycles. The maximum Gasteiger partial charge on any atom is 0.243 e. The van der Waals surface area contributed by atoms with Crippen LogP contribution in [0.1, 0.15) is 25.3 Å². The molecule has 0 spiro atoms. The molecule has 0 radical (unpaired) electrons. The third kappa shape index (κ3) is 5.09. The number of amides is 1. The van der Waals surface area contributed by atoms with Crippen molar-refractivity contribution in [3.63, 3.8) is 0 Å². The third-order valence-corrected chi connectivity index (χ3v) is 7.43. The molecule has 2 aromatic rings. The first-order valence-corrected chi connectivity index (χ1v) is 11.9. The minimum atomic E-state index is -3.77. The Hall–Kier alpha value is -1.80. The monoisotopic (exact) mass is 470 g/mol. The molecule has 1 aliphatic rings. The van der Waals surface area contributed by atoms with Crippen LogP contribution in [0, 0.1) is 12.8 Å². The van der Waals surface area contributed by atoms with Crippen LogP contribution >= 0.6 is 23.2 Å². The van der Waals surface area contributed by atoms with Crippen LogP contribution in [0.5, 0.6) is 5.75 Å². The summed E-state index contributed by atoms with van der Waals surface area (Å²) in [5.74, 6) is -0.209. The Labute approximate surface area is 187 Å². The molecule has 162 valence electrons. The Kier molecular flexibility index (Phi) is 7.29. The summed E-state index contributed by atoms with van der Waals surface area (Å²) in [7, 11) is -3.77. The maximum absolute atomic E-state index is 13.1. The number of nitrogens with zero attached hydrogens (tertiary/aromatic N) is 1. The number of piperidine rings is 1. The summed E-state index contributed by atoms with van der Waals surface area (Å²) < 4.78 is 32.9. The molecular weight excluding hydrogens is 447 g/mol. The van der Waals surface area contributed by atoms with Crippen LogP contribution in [0.3, 0.4) is 0 Å². The fourth-order valence-corrected chi connectivity index (χ4v) is 5.52. The van der Waals surface area contributed by atoms with E-state index in [1.54, 1.807) is 24.3 Å². The molecule has 0 bridgehead atoms. The van der Waals surface area contributed by atoms with E-state index in [9.17, 15) is 13.2 Å². The Balaban J connectivity index is 1.74. The van der Waals surface area contributed by atoms with Crippen LogP contribution in [-0.4, -0.2) is 38.3 Å². The lowest BCUT2D eigenvalue weighted by atomic mass is 9.98. The van der Waals surface area contributed by atoms with Gasteiger partial charge in [0.05, 0.1) is 22.4 Å². The number of halogens is 2. The van der Waals surface area contributed by atoms with Gasteiger partial charge in [0.25, 0.3) is 0 Å². The van der Waals surface area contributed by atoms with Crippen LogP contribution in [0.4, 0.5) is 5.69 Å². The fourth-order valence-electron chi connectivity index (χ4n) is 3.44. The molecule has 1 N–H and O–H groups in total. The number of aryl methyl sites for hydroxylation is 1. The van der Waals surface area contributed by atoms with E-state index in [1.807, 2.05) is 13.8 Å². The van der Waals surface area contributed by atoms with Crippen molar-refractivity contribution in [3.8, 4) is 5.75 Å². The van der Waals surface area contributed by atoms with Gasteiger partial charge in [0, 0.05) is 23.8 Å². The predicted molar refractivity (Wildman–Crippen MR) is 119 cm³/mol. The van der Waals surface area contributed by atoms with Gasteiger partial charge in [-0.25, -0.2) is 8.42 Å². The van der Waals surface area contributed by atoms with E-state index < -0.39 is 15.9 Å². The zero-order valence-corrected chi connectivity index (χ0v) is 19.1. The third-order valence-electron chi connectivity index (χ3n) is 5.04. The number of sulfonamides is 1. The molecule has 2 aromatic carbocycles. The van der Waals surface area contributed by atoms with E-state index in [0.717, 1.165) is 5.56 Å². The highest BCUT2D eigenvalue weighted by molar-refractivity contribution is 7.89. The van der Waals surface area contributed by atoms with Crippen LogP contribution in [0.2, 0.25) is 10.0 Å². The number of ether oxygens (including phenoxy) is 1. The van der Waals surface area contributed by atoms with Crippen LogP contribution in [0.15, 0.2) is 41.3 Å². The molecule has 6 nitrogen and oxygen atoms in total. The molecule has 1 saturated heterocycles. The summed E-state index contributed by atoms with van der Waals surface area (Å²) in [4.78, 5) is 12.9.